The molecule has 3 rings (SSSR count). The lowest BCUT2D eigenvalue weighted by Gasteiger charge is -2.32. The number of rotatable bonds is 7. The predicted octanol–water partition coefficient (Wildman–Crippen LogP) is 6.05. The number of allylic oxidation sites excluding steroid dienone is 1. The number of carbonyl (C=O) groups excluding carboxylic acids is 2. The first-order valence-corrected chi connectivity index (χ1v) is 10.8. The molecule has 2 aromatic carbocycles. The van der Waals surface area contributed by atoms with E-state index in [0.29, 0.717) is 25.2 Å². The fourth-order valence-corrected chi connectivity index (χ4v) is 3.79. The van der Waals surface area contributed by atoms with Crippen LogP contribution in [0.3, 0.4) is 0 Å². The van der Waals surface area contributed by atoms with Gasteiger partial charge in [0, 0.05) is 0 Å². The van der Waals surface area contributed by atoms with Crippen molar-refractivity contribution in [2.24, 2.45) is 0 Å². The highest BCUT2D eigenvalue weighted by Crippen LogP contribution is 2.40. The van der Waals surface area contributed by atoms with Gasteiger partial charge in [-0.05, 0) is 71.7 Å². The van der Waals surface area contributed by atoms with Crippen molar-refractivity contribution in [2.45, 2.75) is 46.0 Å². The highest BCUT2D eigenvalue weighted by molar-refractivity contribution is 5.90. The van der Waals surface area contributed by atoms with Gasteiger partial charge in [0.25, 0.3) is 0 Å². The molecule has 0 spiro atoms. The fraction of sp³-hybridized carbons (Fsp3) is 0.333. The van der Waals surface area contributed by atoms with Crippen molar-refractivity contribution >= 4 is 29.7 Å². The van der Waals surface area contributed by atoms with Crippen molar-refractivity contribution in [3.8, 4) is 0 Å². The molecule has 0 N–H and O–H groups in total. The monoisotopic (exact) mass is 418 g/mol. The maximum absolute atomic E-state index is 12.1. The van der Waals surface area contributed by atoms with E-state index in [1.807, 2.05) is 31.2 Å². The Kier molecular flexibility index (Phi) is 7.11. The van der Waals surface area contributed by atoms with E-state index in [0.717, 1.165) is 28.7 Å². The van der Waals surface area contributed by atoms with E-state index in [1.165, 1.54) is 5.56 Å². The molecule has 0 amide bonds. The van der Waals surface area contributed by atoms with Crippen LogP contribution >= 0.6 is 0 Å². The van der Waals surface area contributed by atoms with Gasteiger partial charge >= 0.3 is 11.9 Å². The Morgan fingerprint density at radius 3 is 2.26 bits per heavy atom. The number of hydrogen-bond acceptors (Lipinski definition) is 4. The number of hydrogen-bond donors (Lipinski definition) is 0. The zero-order valence-electron chi connectivity index (χ0n) is 18.7. The summed E-state index contributed by atoms with van der Waals surface area (Å²) in [6.45, 7) is 8.83. The van der Waals surface area contributed by atoms with Crippen LogP contribution in [0, 0.1) is 0 Å². The molecular weight excluding hydrogens is 388 g/mol. The lowest BCUT2D eigenvalue weighted by molar-refractivity contribution is -0.141. The average Bonchev–Trinajstić information content (AvgIpc) is 2.75. The molecular formula is C27H30O4. The summed E-state index contributed by atoms with van der Waals surface area (Å²) in [5.41, 5.74) is 6.02. The molecule has 2 aromatic rings. The number of carbonyl (C=O) groups is 2. The first-order chi connectivity index (χ1) is 14.8. The topological polar surface area (TPSA) is 52.6 Å². The van der Waals surface area contributed by atoms with E-state index < -0.39 is 0 Å². The third kappa shape index (κ3) is 5.52. The Morgan fingerprint density at radius 1 is 0.935 bits per heavy atom. The van der Waals surface area contributed by atoms with E-state index >= 15 is 0 Å². The van der Waals surface area contributed by atoms with E-state index in [9.17, 15) is 9.59 Å². The van der Waals surface area contributed by atoms with Crippen molar-refractivity contribution in [1.82, 2.24) is 0 Å². The van der Waals surface area contributed by atoms with Crippen LogP contribution in [0.2, 0.25) is 0 Å². The van der Waals surface area contributed by atoms with Gasteiger partial charge in [0.15, 0.2) is 0 Å². The Hall–Kier alpha value is -3.14. The van der Waals surface area contributed by atoms with Gasteiger partial charge in [-0.15, -0.1) is 0 Å². The molecule has 0 aromatic heterocycles. The fourth-order valence-electron chi connectivity index (χ4n) is 3.79. The smallest absolute Gasteiger partial charge is 0.338 e. The van der Waals surface area contributed by atoms with Crippen molar-refractivity contribution < 1.29 is 19.1 Å². The molecule has 0 fully saturated rings. The van der Waals surface area contributed by atoms with Crippen LogP contribution in [0.1, 0.15) is 73.1 Å². The normalized spacial score (nSPS) is 14.6. The number of benzene rings is 2. The number of esters is 2. The van der Waals surface area contributed by atoms with E-state index in [1.54, 1.807) is 19.1 Å². The molecule has 1 aliphatic rings. The van der Waals surface area contributed by atoms with Crippen LogP contribution < -0.4 is 0 Å². The molecule has 0 bridgehead atoms. The van der Waals surface area contributed by atoms with Crippen LogP contribution in [-0.2, 0) is 19.7 Å². The lowest BCUT2D eigenvalue weighted by atomic mass is 9.72. The van der Waals surface area contributed by atoms with E-state index in [4.69, 9.17) is 9.47 Å². The lowest BCUT2D eigenvalue weighted by Crippen LogP contribution is -2.22. The van der Waals surface area contributed by atoms with Crippen molar-refractivity contribution in [3.05, 3.63) is 76.4 Å². The molecule has 0 atom stereocenters. The molecule has 0 unspecified atom stereocenters. The maximum Gasteiger partial charge on any atom is 0.338 e. The summed E-state index contributed by atoms with van der Waals surface area (Å²) in [5, 5.41) is 0. The van der Waals surface area contributed by atoms with Gasteiger partial charge in [-0.2, -0.15) is 0 Å². The predicted molar refractivity (Wildman–Crippen MR) is 125 cm³/mol. The molecule has 0 saturated carbocycles. The minimum atomic E-state index is -0.309. The molecule has 162 valence electrons. The largest absolute Gasteiger partial charge is 0.466 e. The first kappa shape index (κ1) is 22.5. The van der Waals surface area contributed by atoms with Gasteiger partial charge in [-0.1, -0.05) is 56.3 Å². The van der Waals surface area contributed by atoms with Gasteiger partial charge in [0.1, 0.15) is 0 Å². The third-order valence-corrected chi connectivity index (χ3v) is 5.51. The molecule has 0 aliphatic heterocycles. The second-order valence-electron chi connectivity index (χ2n) is 8.28. The molecule has 4 heteroatoms. The third-order valence-electron chi connectivity index (χ3n) is 5.51. The van der Waals surface area contributed by atoms with Crippen LogP contribution in [0.15, 0.2) is 48.5 Å². The Bertz CT molecular complexity index is 1010. The van der Waals surface area contributed by atoms with E-state index in [-0.39, 0.29) is 17.4 Å². The summed E-state index contributed by atoms with van der Waals surface area (Å²) in [6.07, 6.45) is 7.42. The summed E-state index contributed by atoms with van der Waals surface area (Å²) >= 11 is 0. The Morgan fingerprint density at radius 2 is 1.58 bits per heavy atom. The molecule has 31 heavy (non-hydrogen) atoms. The number of fused-ring (bicyclic) bond motifs is 1. The maximum atomic E-state index is 12.1. The van der Waals surface area contributed by atoms with Crippen molar-refractivity contribution in [2.75, 3.05) is 13.2 Å². The van der Waals surface area contributed by atoms with Crippen LogP contribution in [-0.4, -0.2) is 25.2 Å². The SMILES string of the molecule is CCOC(=O)CC1=CCC(C)(C)c2ccc(/C=C/c3ccc(C(=O)OCC)cc3)cc21. The van der Waals surface area contributed by atoms with Crippen molar-refractivity contribution in [1.29, 1.82) is 0 Å². The summed E-state index contributed by atoms with van der Waals surface area (Å²) in [5.74, 6) is -0.502. The zero-order valence-corrected chi connectivity index (χ0v) is 18.7. The Labute approximate surface area is 184 Å². The van der Waals surface area contributed by atoms with Crippen molar-refractivity contribution in [3.63, 3.8) is 0 Å². The second kappa shape index (κ2) is 9.78. The highest BCUT2D eigenvalue weighted by atomic mass is 16.5. The number of ether oxygens (including phenoxy) is 2. The van der Waals surface area contributed by atoms with Crippen LogP contribution in [0.25, 0.3) is 17.7 Å². The van der Waals surface area contributed by atoms with Gasteiger partial charge < -0.3 is 9.47 Å². The molecule has 0 radical (unpaired) electrons. The standard InChI is InChI=1S/C27H30O4/c1-5-30-25(28)18-22-15-16-27(3,4)24-14-11-20(17-23(22)24)8-7-19-9-12-21(13-10-19)26(29)31-6-2/h7-15,17H,5-6,16,18H2,1-4H3/b8-7+. The van der Waals surface area contributed by atoms with Crippen LogP contribution in [0.5, 0.6) is 0 Å². The quantitative estimate of drug-likeness (QED) is 0.406. The Balaban J connectivity index is 1.83. The van der Waals surface area contributed by atoms with Gasteiger partial charge in [0.2, 0.25) is 0 Å². The zero-order chi connectivity index (χ0) is 22.4. The molecule has 0 heterocycles. The summed E-state index contributed by atoms with van der Waals surface area (Å²) in [4.78, 5) is 23.9. The minimum Gasteiger partial charge on any atom is -0.466 e. The molecule has 1 aliphatic carbocycles. The first-order valence-electron chi connectivity index (χ1n) is 10.8. The molecule has 4 nitrogen and oxygen atoms in total. The van der Waals surface area contributed by atoms with Gasteiger partial charge in [-0.25, -0.2) is 4.79 Å². The van der Waals surface area contributed by atoms with E-state index in [2.05, 4.69) is 38.1 Å². The van der Waals surface area contributed by atoms with Gasteiger partial charge in [0.05, 0.1) is 25.2 Å². The summed E-state index contributed by atoms with van der Waals surface area (Å²) < 4.78 is 10.2. The summed E-state index contributed by atoms with van der Waals surface area (Å²) in [7, 11) is 0. The van der Waals surface area contributed by atoms with Crippen LogP contribution in [0.4, 0.5) is 0 Å². The average molecular weight is 419 g/mol. The second-order valence-corrected chi connectivity index (χ2v) is 8.28. The van der Waals surface area contributed by atoms with Gasteiger partial charge in [-0.3, -0.25) is 4.79 Å². The molecule has 0 saturated heterocycles. The highest BCUT2D eigenvalue weighted by Gasteiger charge is 2.28. The minimum absolute atomic E-state index is 0.0265. The summed E-state index contributed by atoms with van der Waals surface area (Å²) in [6, 6.07) is 13.8.